The Bertz CT molecular complexity index is 430. The molecule has 1 saturated heterocycles. The molecule has 2 rings (SSSR count). The molecule has 1 fully saturated rings. The molecule has 0 aliphatic carbocycles. The maximum absolute atomic E-state index is 13.2. The molecule has 1 aromatic rings. The molecule has 0 amide bonds. The summed E-state index contributed by atoms with van der Waals surface area (Å²) in [6.45, 7) is 6.04. The zero-order valence-electron chi connectivity index (χ0n) is 12.5. The Hall–Kier alpha value is -1.01. The SMILES string of the molecule is NC(CCN1CCCN(CCO)CC1)c1cccc(F)c1. The van der Waals surface area contributed by atoms with Gasteiger partial charge in [0.2, 0.25) is 0 Å². The van der Waals surface area contributed by atoms with Gasteiger partial charge in [-0.25, -0.2) is 4.39 Å². The van der Waals surface area contributed by atoms with Crippen molar-refractivity contribution in [1.29, 1.82) is 0 Å². The molecule has 1 aliphatic heterocycles. The predicted molar refractivity (Wildman–Crippen MR) is 82.5 cm³/mol. The van der Waals surface area contributed by atoms with E-state index in [4.69, 9.17) is 10.8 Å². The zero-order valence-corrected chi connectivity index (χ0v) is 12.5. The first-order valence-corrected chi connectivity index (χ1v) is 7.75. The number of benzene rings is 1. The molecular formula is C16H26FN3O. The third-order valence-electron chi connectivity index (χ3n) is 4.13. The van der Waals surface area contributed by atoms with Gasteiger partial charge in [0.15, 0.2) is 0 Å². The molecule has 0 bridgehead atoms. The number of nitrogens with two attached hydrogens (primary N) is 1. The normalized spacial score (nSPS) is 19.4. The van der Waals surface area contributed by atoms with Crippen LogP contribution >= 0.6 is 0 Å². The highest BCUT2D eigenvalue weighted by Crippen LogP contribution is 2.16. The fourth-order valence-electron chi connectivity index (χ4n) is 2.84. The van der Waals surface area contributed by atoms with E-state index in [1.54, 1.807) is 6.07 Å². The van der Waals surface area contributed by atoms with Gasteiger partial charge in [-0.2, -0.15) is 0 Å². The van der Waals surface area contributed by atoms with Crippen LogP contribution in [0.4, 0.5) is 4.39 Å². The van der Waals surface area contributed by atoms with E-state index in [0.717, 1.165) is 57.7 Å². The van der Waals surface area contributed by atoms with Gasteiger partial charge in [-0.1, -0.05) is 12.1 Å². The summed E-state index contributed by atoms with van der Waals surface area (Å²) >= 11 is 0. The van der Waals surface area contributed by atoms with Crippen LogP contribution in [0.25, 0.3) is 0 Å². The maximum Gasteiger partial charge on any atom is 0.123 e. The molecule has 1 aliphatic rings. The number of rotatable bonds is 6. The fourth-order valence-corrected chi connectivity index (χ4v) is 2.84. The summed E-state index contributed by atoms with van der Waals surface area (Å²) in [4.78, 5) is 4.71. The van der Waals surface area contributed by atoms with Gasteiger partial charge in [0, 0.05) is 25.7 Å². The maximum atomic E-state index is 13.2. The molecule has 3 N–H and O–H groups in total. The first kappa shape index (κ1) is 16.4. The predicted octanol–water partition coefficient (Wildman–Crippen LogP) is 1.22. The van der Waals surface area contributed by atoms with Crippen molar-refractivity contribution in [2.24, 2.45) is 5.73 Å². The molecule has 5 heteroatoms. The molecule has 1 heterocycles. The van der Waals surface area contributed by atoms with Crippen molar-refractivity contribution in [3.8, 4) is 0 Å². The van der Waals surface area contributed by atoms with Crippen LogP contribution in [0.5, 0.6) is 0 Å². The number of aliphatic hydroxyl groups is 1. The van der Waals surface area contributed by atoms with Crippen LogP contribution in [-0.2, 0) is 0 Å². The fraction of sp³-hybridized carbons (Fsp3) is 0.625. The molecule has 4 nitrogen and oxygen atoms in total. The van der Waals surface area contributed by atoms with Crippen LogP contribution in [0.2, 0.25) is 0 Å². The third-order valence-corrected chi connectivity index (χ3v) is 4.13. The van der Waals surface area contributed by atoms with Gasteiger partial charge in [-0.15, -0.1) is 0 Å². The summed E-state index contributed by atoms with van der Waals surface area (Å²) in [5.41, 5.74) is 7.03. The second-order valence-electron chi connectivity index (χ2n) is 5.71. The minimum atomic E-state index is -0.225. The Kier molecular flexibility index (Phi) is 6.57. The quantitative estimate of drug-likeness (QED) is 0.828. The lowest BCUT2D eigenvalue weighted by Gasteiger charge is -2.23. The van der Waals surface area contributed by atoms with Crippen molar-refractivity contribution in [2.75, 3.05) is 45.9 Å². The van der Waals surface area contributed by atoms with E-state index >= 15 is 0 Å². The molecule has 21 heavy (non-hydrogen) atoms. The lowest BCUT2D eigenvalue weighted by atomic mass is 10.0. The topological polar surface area (TPSA) is 52.7 Å². The monoisotopic (exact) mass is 295 g/mol. The lowest BCUT2D eigenvalue weighted by Crippen LogP contribution is -2.33. The van der Waals surface area contributed by atoms with Crippen molar-refractivity contribution < 1.29 is 9.50 Å². The second-order valence-corrected chi connectivity index (χ2v) is 5.71. The molecule has 1 unspecified atom stereocenters. The van der Waals surface area contributed by atoms with E-state index in [1.807, 2.05) is 6.07 Å². The summed E-state index contributed by atoms with van der Waals surface area (Å²) in [6, 6.07) is 6.46. The average molecular weight is 295 g/mol. The van der Waals surface area contributed by atoms with E-state index in [0.29, 0.717) is 0 Å². The standard InChI is InChI=1S/C16H26FN3O/c17-15-4-1-3-14(13-15)16(18)5-8-19-6-2-7-20(10-9-19)11-12-21/h1,3-4,13,16,21H,2,5-12,18H2. The molecular weight excluding hydrogens is 269 g/mol. The summed E-state index contributed by atoms with van der Waals surface area (Å²) in [5, 5.41) is 9.00. The third kappa shape index (κ3) is 5.36. The van der Waals surface area contributed by atoms with Crippen LogP contribution in [-0.4, -0.2) is 60.8 Å². The number of β-amino-alcohol motifs (C(OH)–C–C–N with tert-alkyl or cyclic N) is 1. The Morgan fingerprint density at radius 2 is 1.86 bits per heavy atom. The summed E-state index contributed by atoms with van der Waals surface area (Å²) in [5.74, 6) is -0.225. The van der Waals surface area contributed by atoms with E-state index in [2.05, 4.69) is 9.80 Å². The van der Waals surface area contributed by atoms with Gasteiger partial charge in [-0.05, 0) is 50.2 Å². The first-order chi connectivity index (χ1) is 10.2. The lowest BCUT2D eigenvalue weighted by molar-refractivity contribution is 0.196. The van der Waals surface area contributed by atoms with E-state index in [-0.39, 0.29) is 18.5 Å². The van der Waals surface area contributed by atoms with Gasteiger partial charge < -0.3 is 15.7 Å². The van der Waals surface area contributed by atoms with Gasteiger partial charge in [0.05, 0.1) is 6.61 Å². The van der Waals surface area contributed by atoms with Crippen LogP contribution in [0.3, 0.4) is 0 Å². The van der Waals surface area contributed by atoms with Gasteiger partial charge in [0.25, 0.3) is 0 Å². The van der Waals surface area contributed by atoms with Crippen LogP contribution in [0, 0.1) is 5.82 Å². The summed E-state index contributed by atoms with van der Waals surface area (Å²) < 4.78 is 13.2. The number of hydrogen-bond acceptors (Lipinski definition) is 4. The molecule has 0 aromatic heterocycles. The molecule has 0 saturated carbocycles. The minimum Gasteiger partial charge on any atom is -0.395 e. The largest absolute Gasteiger partial charge is 0.395 e. The Balaban J connectivity index is 1.77. The van der Waals surface area contributed by atoms with Crippen LogP contribution in [0.1, 0.15) is 24.4 Å². The van der Waals surface area contributed by atoms with Crippen molar-refractivity contribution >= 4 is 0 Å². The highest BCUT2D eigenvalue weighted by Gasteiger charge is 2.15. The van der Waals surface area contributed by atoms with Crippen molar-refractivity contribution in [3.05, 3.63) is 35.6 Å². The molecule has 1 atom stereocenters. The Morgan fingerprint density at radius 1 is 1.14 bits per heavy atom. The highest BCUT2D eigenvalue weighted by atomic mass is 19.1. The number of nitrogens with zero attached hydrogens (tertiary/aromatic N) is 2. The smallest absolute Gasteiger partial charge is 0.123 e. The van der Waals surface area contributed by atoms with Gasteiger partial charge in [-0.3, -0.25) is 4.90 Å². The molecule has 0 radical (unpaired) electrons. The van der Waals surface area contributed by atoms with E-state index in [1.165, 1.54) is 12.1 Å². The first-order valence-electron chi connectivity index (χ1n) is 7.75. The van der Waals surface area contributed by atoms with E-state index < -0.39 is 0 Å². The number of aliphatic hydroxyl groups excluding tert-OH is 1. The Morgan fingerprint density at radius 3 is 2.52 bits per heavy atom. The van der Waals surface area contributed by atoms with Gasteiger partial charge in [0.1, 0.15) is 5.82 Å². The van der Waals surface area contributed by atoms with Crippen molar-refractivity contribution in [3.63, 3.8) is 0 Å². The molecule has 118 valence electrons. The minimum absolute atomic E-state index is 0.113. The van der Waals surface area contributed by atoms with Crippen molar-refractivity contribution in [2.45, 2.75) is 18.9 Å². The van der Waals surface area contributed by atoms with Gasteiger partial charge >= 0.3 is 0 Å². The molecule has 1 aromatic carbocycles. The van der Waals surface area contributed by atoms with Crippen LogP contribution < -0.4 is 5.73 Å². The average Bonchev–Trinajstić information content (AvgIpc) is 2.71. The zero-order chi connectivity index (χ0) is 15.1. The number of halogens is 1. The Labute approximate surface area is 126 Å². The molecule has 0 spiro atoms. The van der Waals surface area contributed by atoms with E-state index in [9.17, 15) is 4.39 Å². The van der Waals surface area contributed by atoms with Crippen LogP contribution in [0.15, 0.2) is 24.3 Å². The van der Waals surface area contributed by atoms with Crippen molar-refractivity contribution in [1.82, 2.24) is 9.80 Å². The highest BCUT2D eigenvalue weighted by molar-refractivity contribution is 5.19. The number of hydrogen-bond donors (Lipinski definition) is 2. The summed E-state index contributed by atoms with van der Waals surface area (Å²) in [6.07, 6.45) is 1.96. The summed E-state index contributed by atoms with van der Waals surface area (Å²) in [7, 11) is 0. The second kappa shape index (κ2) is 8.44.